The van der Waals surface area contributed by atoms with Gasteiger partial charge in [0.1, 0.15) is 11.4 Å². The summed E-state index contributed by atoms with van der Waals surface area (Å²) < 4.78 is 17.5. The van der Waals surface area contributed by atoms with Crippen molar-refractivity contribution in [2.24, 2.45) is 0 Å². The molecule has 98 valence electrons. The minimum absolute atomic E-state index is 0.153. The zero-order valence-corrected chi connectivity index (χ0v) is 11.1. The van der Waals surface area contributed by atoms with Crippen LogP contribution in [0, 0.1) is 12.7 Å². The molecule has 18 heavy (non-hydrogen) atoms. The molecule has 1 aromatic carbocycles. The van der Waals surface area contributed by atoms with Crippen molar-refractivity contribution in [3.05, 3.63) is 35.8 Å². The van der Waals surface area contributed by atoms with Crippen molar-refractivity contribution in [3.63, 3.8) is 0 Å². The number of rotatable bonds is 1. The molecule has 4 heteroatoms. The lowest BCUT2D eigenvalue weighted by molar-refractivity contribution is -0.138. The van der Waals surface area contributed by atoms with Crippen molar-refractivity contribution in [1.29, 1.82) is 0 Å². The fourth-order valence-electron chi connectivity index (χ4n) is 1.33. The van der Waals surface area contributed by atoms with E-state index >= 15 is 0 Å². The highest BCUT2D eigenvalue weighted by molar-refractivity contribution is 5.79. The lowest BCUT2D eigenvalue weighted by Crippen LogP contribution is -2.17. The highest BCUT2D eigenvalue weighted by Crippen LogP contribution is 2.16. The van der Waals surface area contributed by atoms with Gasteiger partial charge >= 0.3 is 0 Å². The number of hydrogen-bond acceptors (Lipinski definition) is 2. The Kier molecular flexibility index (Phi) is 4.48. The number of fused-ring (bicyclic) bond motifs is 1. The monoisotopic (exact) mass is 251 g/mol. The fraction of sp³-hybridized carbons (Fsp3) is 0.357. The smallest absolute Gasteiger partial charge is 0.293 e. The molecule has 0 aliphatic rings. The second-order valence-electron chi connectivity index (χ2n) is 4.99. The van der Waals surface area contributed by atoms with E-state index in [9.17, 15) is 9.18 Å². The Morgan fingerprint density at radius 3 is 2.50 bits per heavy atom. The summed E-state index contributed by atoms with van der Waals surface area (Å²) in [7, 11) is 0. The van der Waals surface area contributed by atoms with Gasteiger partial charge in [0, 0.05) is 11.7 Å². The first kappa shape index (κ1) is 14.2. The number of halogens is 1. The van der Waals surface area contributed by atoms with Crippen LogP contribution in [0.15, 0.2) is 24.4 Å². The predicted molar refractivity (Wildman–Crippen MR) is 69.9 cm³/mol. The van der Waals surface area contributed by atoms with Crippen LogP contribution in [0.3, 0.4) is 0 Å². The van der Waals surface area contributed by atoms with Gasteiger partial charge in [-0.2, -0.15) is 0 Å². The van der Waals surface area contributed by atoms with Gasteiger partial charge in [0.05, 0.1) is 0 Å². The molecule has 0 fully saturated rings. The Bertz CT molecular complexity index is 490. The molecule has 1 heterocycles. The highest BCUT2D eigenvalue weighted by Gasteiger charge is 2.07. The third-order valence-electron chi connectivity index (χ3n) is 2.23. The maximum atomic E-state index is 12.9. The number of carbonyl (C=O) groups excluding carboxylic acids is 1. The Morgan fingerprint density at radius 2 is 2.00 bits per heavy atom. The van der Waals surface area contributed by atoms with E-state index in [0.29, 0.717) is 12.0 Å². The number of nitrogens with one attached hydrogen (secondary N) is 1. The van der Waals surface area contributed by atoms with Crippen LogP contribution in [-0.4, -0.2) is 17.1 Å². The summed E-state index contributed by atoms with van der Waals surface area (Å²) in [6, 6.07) is 5.29. The van der Waals surface area contributed by atoms with Crippen LogP contribution in [-0.2, 0) is 9.53 Å². The van der Waals surface area contributed by atoms with Crippen LogP contribution in [0.25, 0.3) is 10.9 Å². The van der Waals surface area contributed by atoms with Gasteiger partial charge in [0.15, 0.2) is 0 Å². The highest BCUT2D eigenvalue weighted by atomic mass is 19.1. The molecule has 0 amide bonds. The van der Waals surface area contributed by atoms with Crippen LogP contribution in [0.4, 0.5) is 4.39 Å². The van der Waals surface area contributed by atoms with Gasteiger partial charge in [-0.1, -0.05) is 0 Å². The minimum Gasteiger partial charge on any atom is -0.462 e. The van der Waals surface area contributed by atoms with Crippen molar-refractivity contribution in [1.82, 2.24) is 4.98 Å². The SMILES string of the molecule is CC(C)(C)OC=O.Cc1cc2cc[nH]c2cc1F. The van der Waals surface area contributed by atoms with Crippen LogP contribution in [0.2, 0.25) is 0 Å². The maximum absolute atomic E-state index is 12.9. The number of carbonyl (C=O) groups is 1. The summed E-state index contributed by atoms with van der Waals surface area (Å²) in [5, 5.41) is 1.06. The third-order valence-corrected chi connectivity index (χ3v) is 2.23. The molecule has 0 spiro atoms. The van der Waals surface area contributed by atoms with Crippen molar-refractivity contribution in [3.8, 4) is 0 Å². The Balaban J connectivity index is 0.000000203. The van der Waals surface area contributed by atoms with Gasteiger partial charge in [-0.3, -0.25) is 4.79 Å². The van der Waals surface area contributed by atoms with E-state index in [1.54, 1.807) is 6.92 Å². The molecule has 1 N–H and O–H groups in total. The molecule has 2 rings (SSSR count). The van der Waals surface area contributed by atoms with Gasteiger partial charge in [-0.25, -0.2) is 4.39 Å². The van der Waals surface area contributed by atoms with Crippen molar-refractivity contribution >= 4 is 17.4 Å². The van der Waals surface area contributed by atoms with E-state index in [2.05, 4.69) is 9.72 Å². The van der Waals surface area contributed by atoms with E-state index in [0.717, 1.165) is 10.9 Å². The van der Waals surface area contributed by atoms with E-state index in [4.69, 9.17) is 0 Å². The molecule has 0 aliphatic carbocycles. The molecule has 0 radical (unpaired) electrons. The maximum Gasteiger partial charge on any atom is 0.293 e. The van der Waals surface area contributed by atoms with Crippen molar-refractivity contribution < 1.29 is 13.9 Å². The van der Waals surface area contributed by atoms with Gasteiger partial charge in [0.2, 0.25) is 0 Å². The Morgan fingerprint density at radius 1 is 1.33 bits per heavy atom. The molecule has 2 aromatic rings. The summed E-state index contributed by atoms with van der Waals surface area (Å²) >= 11 is 0. The topological polar surface area (TPSA) is 42.1 Å². The lowest BCUT2D eigenvalue weighted by atomic mass is 10.2. The third kappa shape index (κ3) is 4.20. The van der Waals surface area contributed by atoms with E-state index in [-0.39, 0.29) is 11.4 Å². The van der Waals surface area contributed by atoms with Crippen molar-refractivity contribution in [2.45, 2.75) is 33.3 Å². The molecule has 0 unspecified atom stereocenters. The van der Waals surface area contributed by atoms with Crippen LogP contribution in [0.5, 0.6) is 0 Å². The summed E-state index contributed by atoms with van der Waals surface area (Å²) in [5.41, 5.74) is 1.23. The van der Waals surface area contributed by atoms with Crippen LogP contribution < -0.4 is 0 Å². The predicted octanol–water partition coefficient (Wildman–Crippen LogP) is 3.57. The van der Waals surface area contributed by atoms with E-state index < -0.39 is 0 Å². The van der Waals surface area contributed by atoms with Gasteiger partial charge in [-0.15, -0.1) is 0 Å². The molecule has 0 saturated carbocycles. The van der Waals surface area contributed by atoms with E-state index in [1.165, 1.54) is 6.07 Å². The van der Waals surface area contributed by atoms with Crippen LogP contribution >= 0.6 is 0 Å². The normalized spacial score (nSPS) is 10.7. The molecule has 3 nitrogen and oxygen atoms in total. The molecule has 0 atom stereocenters. The van der Waals surface area contributed by atoms with Gasteiger partial charge < -0.3 is 9.72 Å². The molecule has 0 aliphatic heterocycles. The second-order valence-corrected chi connectivity index (χ2v) is 4.99. The summed E-state index contributed by atoms with van der Waals surface area (Å²) in [6.45, 7) is 7.69. The largest absolute Gasteiger partial charge is 0.462 e. The first-order valence-corrected chi connectivity index (χ1v) is 5.68. The van der Waals surface area contributed by atoms with Gasteiger partial charge in [0.25, 0.3) is 6.47 Å². The summed E-state index contributed by atoms with van der Waals surface area (Å²) in [4.78, 5) is 12.5. The number of aromatic amines is 1. The second kappa shape index (κ2) is 5.67. The molecule has 1 aromatic heterocycles. The number of benzene rings is 1. The first-order valence-electron chi connectivity index (χ1n) is 5.68. The number of aryl methyl sites for hydroxylation is 1. The summed E-state index contributed by atoms with van der Waals surface area (Å²) in [6.07, 6.45) is 1.81. The number of ether oxygens (including phenoxy) is 1. The average molecular weight is 251 g/mol. The number of hydrogen-bond donors (Lipinski definition) is 1. The number of H-pyrrole nitrogens is 1. The standard InChI is InChI=1S/C9H8FN.C5H10O2/c1-6-4-7-2-3-11-9(7)5-8(6)10;1-5(2,3)7-4-6/h2-5,11H,1H3;4H,1-3H3. The zero-order chi connectivity index (χ0) is 13.8. The van der Waals surface area contributed by atoms with E-state index in [1.807, 2.05) is 39.1 Å². The lowest BCUT2D eigenvalue weighted by Gasteiger charge is -2.14. The molecular formula is C14H18FNO2. The Labute approximate surface area is 106 Å². The minimum atomic E-state index is -0.318. The zero-order valence-electron chi connectivity index (χ0n) is 11.1. The van der Waals surface area contributed by atoms with Gasteiger partial charge in [-0.05, 0) is 56.8 Å². The number of aromatic nitrogens is 1. The fourth-order valence-corrected chi connectivity index (χ4v) is 1.33. The molecule has 0 saturated heterocycles. The molecular weight excluding hydrogens is 233 g/mol. The Hall–Kier alpha value is -1.84. The average Bonchev–Trinajstić information content (AvgIpc) is 2.65. The van der Waals surface area contributed by atoms with Crippen molar-refractivity contribution in [2.75, 3.05) is 0 Å². The molecule has 0 bridgehead atoms. The summed E-state index contributed by atoms with van der Waals surface area (Å²) in [5.74, 6) is -0.153. The first-order chi connectivity index (χ1) is 8.33. The quantitative estimate of drug-likeness (QED) is 0.787. The van der Waals surface area contributed by atoms with Crippen LogP contribution in [0.1, 0.15) is 26.3 Å².